The number of hydrogen-bond acceptors (Lipinski definition) is 7. The second kappa shape index (κ2) is 7.86. The van der Waals surface area contributed by atoms with Gasteiger partial charge in [0.15, 0.2) is 0 Å². The Morgan fingerprint density at radius 1 is 1.15 bits per heavy atom. The van der Waals surface area contributed by atoms with Crippen LogP contribution in [0.1, 0.15) is 0 Å². The highest BCUT2D eigenvalue weighted by molar-refractivity contribution is 5.84. The molecule has 1 aliphatic rings. The van der Waals surface area contributed by atoms with Crippen LogP contribution in [0.2, 0.25) is 0 Å². The van der Waals surface area contributed by atoms with Crippen LogP contribution in [0.25, 0.3) is 0 Å². The van der Waals surface area contributed by atoms with Crippen LogP contribution in [0.3, 0.4) is 0 Å². The van der Waals surface area contributed by atoms with Gasteiger partial charge in [-0.2, -0.15) is 0 Å². The molecule has 0 bridgehead atoms. The minimum absolute atomic E-state index is 0.0430. The number of piperazine rings is 1. The molecule has 27 heavy (non-hydrogen) atoms. The molecule has 3 atom stereocenters. The Morgan fingerprint density at radius 3 is 2.19 bits per heavy atom. The second-order valence-corrected chi connectivity index (χ2v) is 6.05. The third-order valence-corrected chi connectivity index (χ3v) is 4.50. The number of carboxylic acid groups (broad SMARTS) is 2. The monoisotopic (exact) mass is 381 g/mol. The molecule has 0 aliphatic carbocycles. The van der Waals surface area contributed by atoms with Gasteiger partial charge >= 0.3 is 18.0 Å². The van der Waals surface area contributed by atoms with Crippen LogP contribution in [0.15, 0.2) is 24.3 Å². The molecule has 1 aliphatic heterocycles. The smallest absolute Gasteiger partial charge is 0.321 e. The number of carbonyl (C=O) groups is 3. The molecule has 1 fully saturated rings. The van der Waals surface area contributed by atoms with E-state index in [-0.39, 0.29) is 25.3 Å². The van der Waals surface area contributed by atoms with E-state index in [1.54, 1.807) is 4.90 Å². The van der Waals surface area contributed by atoms with E-state index in [1.807, 2.05) is 0 Å². The van der Waals surface area contributed by atoms with E-state index < -0.39 is 40.9 Å². The van der Waals surface area contributed by atoms with E-state index in [2.05, 4.69) is 0 Å². The molecular formula is C15H19N5O7. The molecule has 146 valence electrons. The maximum atomic E-state index is 11.7. The Hall–Kier alpha value is -3.41. The van der Waals surface area contributed by atoms with Gasteiger partial charge in [0.05, 0.1) is 11.0 Å². The third-order valence-electron chi connectivity index (χ3n) is 4.50. The molecule has 2 unspecified atom stereocenters. The first-order chi connectivity index (χ1) is 12.6. The number of primary amides is 1. The van der Waals surface area contributed by atoms with E-state index >= 15 is 0 Å². The summed E-state index contributed by atoms with van der Waals surface area (Å²) in [4.78, 5) is 47.6. The molecule has 1 heterocycles. The zero-order valence-corrected chi connectivity index (χ0v) is 14.1. The van der Waals surface area contributed by atoms with Crippen molar-refractivity contribution in [3.05, 3.63) is 34.4 Å². The number of hydrogen-bond donors (Lipinski definition) is 4. The summed E-state index contributed by atoms with van der Waals surface area (Å²) < 4.78 is 0. The number of benzene rings is 1. The van der Waals surface area contributed by atoms with Gasteiger partial charge < -0.3 is 31.5 Å². The van der Waals surface area contributed by atoms with Crippen LogP contribution < -0.4 is 16.4 Å². The molecule has 1 aromatic rings. The highest BCUT2D eigenvalue weighted by Crippen LogP contribution is 2.26. The lowest BCUT2D eigenvalue weighted by atomic mass is 9.89. The van der Waals surface area contributed by atoms with Crippen LogP contribution in [-0.4, -0.2) is 69.7 Å². The molecule has 2 rings (SSSR count). The lowest BCUT2D eigenvalue weighted by Gasteiger charge is -2.44. The summed E-state index contributed by atoms with van der Waals surface area (Å²) in [6, 6.07) is 1.85. The molecule has 0 spiro atoms. The largest absolute Gasteiger partial charge is 0.481 e. The summed E-state index contributed by atoms with van der Waals surface area (Å²) in [5, 5.41) is 29.4. The van der Waals surface area contributed by atoms with Gasteiger partial charge in [-0.25, -0.2) is 4.79 Å². The lowest BCUT2D eigenvalue weighted by Crippen LogP contribution is -2.64. The first-order valence-electron chi connectivity index (χ1n) is 7.90. The molecule has 0 aromatic heterocycles. The fourth-order valence-corrected chi connectivity index (χ4v) is 3.12. The fourth-order valence-electron chi connectivity index (χ4n) is 3.12. The van der Waals surface area contributed by atoms with E-state index in [9.17, 15) is 29.6 Å². The number of amides is 2. The number of carbonyl (C=O) groups excluding carboxylic acids is 1. The molecule has 6 N–H and O–H groups in total. The zero-order valence-electron chi connectivity index (χ0n) is 14.1. The van der Waals surface area contributed by atoms with E-state index in [0.29, 0.717) is 5.69 Å². The van der Waals surface area contributed by atoms with E-state index in [1.165, 1.54) is 24.3 Å². The first kappa shape index (κ1) is 19.9. The molecule has 1 saturated heterocycles. The fraction of sp³-hybridized carbons (Fsp3) is 0.400. The van der Waals surface area contributed by atoms with Crippen molar-refractivity contribution in [2.75, 3.05) is 24.5 Å². The van der Waals surface area contributed by atoms with Gasteiger partial charge in [-0.15, -0.1) is 0 Å². The summed E-state index contributed by atoms with van der Waals surface area (Å²) in [6.07, 6.45) is 0. The summed E-state index contributed by atoms with van der Waals surface area (Å²) in [5.74, 6) is -4.57. The topological polar surface area (TPSA) is 193 Å². The second-order valence-electron chi connectivity index (χ2n) is 6.05. The Balaban J connectivity index is 2.33. The molecule has 12 heteroatoms. The number of nitro benzene ring substituents is 1. The standard InChI is InChI=1S/C15H19N5O7/c16-12(14(23)24)11(13(21)22)10-7-18(5-6-19(10)15(17)25)8-1-3-9(4-2-8)20(26)27/h1-4,10-12H,5-7,16H2,(H2,17,25)(H,21,22)(H,23,24)/t10?,11?,12-/m0/s1. The maximum absolute atomic E-state index is 11.7. The van der Waals surface area contributed by atoms with Crippen LogP contribution in [-0.2, 0) is 9.59 Å². The maximum Gasteiger partial charge on any atom is 0.321 e. The van der Waals surface area contributed by atoms with Gasteiger partial charge in [-0.1, -0.05) is 0 Å². The van der Waals surface area contributed by atoms with Gasteiger partial charge in [-0.05, 0) is 12.1 Å². The number of nitrogens with two attached hydrogens (primary N) is 2. The van der Waals surface area contributed by atoms with Crippen molar-refractivity contribution in [2.24, 2.45) is 17.4 Å². The quantitative estimate of drug-likeness (QED) is 0.363. The normalized spacial score (nSPS) is 19.2. The average molecular weight is 381 g/mol. The number of urea groups is 1. The SMILES string of the molecule is NC(=O)N1CCN(c2ccc([N+](=O)[O-])cc2)CC1C(C(=O)O)[C@H](N)C(=O)O. The molecule has 2 amide bonds. The predicted octanol–water partition coefficient (Wildman–Crippen LogP) is -0.723. The average Bonchev–Trinajstić information content (AvgIpc) is 2.61. The van der Waals surface area contributed by atoms with Crippen molar-refractivity contribution in [1.82, 2.24) is 4.90 Å². The van der Waals surface area contributed by atoms with Gasteiger partial charge in [0, 0.05) is 37.5 Å². The lowest BCUT2D eigenvalue weighted by molar-refractivity contribution is -0.384. The molecule has 0 radical (unpaired) electrons. The Labute approximate surface area is 153 Å². The molecule has 0 saturated carbocycles. The van der Waals surface area contributed by atoms with Crippen molar-refractivity contribution in [1.29, 1.82) is 0 Å². The summed E-state index contributed by atoms with van der Waals surface area (Å²) in [5.41, 5.74) is 11.3. The van der Waals surface area contributed by atoms with Crippen LogP contribution in [0, 0.1) is 16.0 Å². The summed E-state index contributed by atoms with van der Waals surface area (Å²) in [7, 11) is 0. The minimum Gasteiger partial charge on any atom is -0.481 e. The van der Waals surface area contributed by atoms with Crippen LogP contribution in [0.5, 0.6) is 0 Å². The highest BCUT2D eigenvalue weighted by atomic mass is 16.6. The zero-order chi connectivity index (χ0) is 20.3. The van der Waals surface area contributed by atoms with Crippen molar-refractivity contribution >= 4 is 29.3 Å². The van der Waals surface area contributed by atoms with E-state index in [4.69, 9.17) is 16.6 Å². The van der Waals surface area contributed by atoms with E-state index in [0.717, 1.165) is 4.90 Å². The number of anilines is 1. The number of nitrogens with zero attached hydrogens (tertiary/aromatic N) is 3. The molecule has 12 nitrogen and oxygen atoms in total. The number of nitro groups is 1. The van der Waals surface area contributed by atoms with Gasteiger partial charge in [-0.3, -0.25) is 19.7 Å². The molecule has 1 aromatic carbocycles. The van der Waals surface area contributed by atoms with Gasteiger partial charge in [0.25, 0.3) is 5.69 Å². The van der Waals surface area contributed by atoms with Gasteiger partial charge in [0.1, 0.15) is 12.0 Å². The van der Waals surface area contributed by atoms with Crippen LogP contribution >= 0.6 is 0 Å². The minimum atomic E-state index is -1.74. The Bertz CT molecular complexity index is 753. The predicted molar refractivity (Wildman–Crippen MR) is 92.1 cm³/mol. The van der Waals surface area contributed by atoms with Crippen molar-refractivity contribution < 1.29 is 29.5 Å². The summed E-state index contributed by atoms with van der Waals surface area (Å²) in [6.45, 7) is 0.289. The van der Waals surface area contributed by atoms with Crippen molar-refractivity contribution in [2.45, 2.75) is 12.1 Å². The Morgan fingerprint density at radius 2 is 1.74 bits per heavy atom. The number of aliphatic carboxylic acids is 2. The highest BCUT2D eigenvalue weighted by Gasteiger charge is 2.44. The number of carboxylic acids is 2. The summed E-state index contributed by atoms with van der Waals surface area (Å²) >= 11 is 0. The van der Waals surface area contributed by atoms with Gasteiger partial charge in [0.2, 0.25) is 0 Å². The number of non-ortho nitro benzene ring substituents is 1. The third kappa shape index (κ3) is 4.23. The van der Waals surface area contributed by atoms with Crippen molar-refractivity contribution in [3.8, 4) is 0 Å². The van der Waals surface area contributed by atoms with Crippen LogP contribution in [0.4, 0.5) is 16.2 Å². The Kier molecular flexibility index (Phi) is 5.80. The van der Waals surface area contributed by atoms with Crippen molar-refractivity contribution in [3.63, 3.8) is 0 Å². The first-order valence-corrected chi connectivity index (χ1v) is 7.90. The number of rotatable bonds is 6. The molecular weight excluding hydrogens is 362 g/mol.